The number of alkyl halides is 1. The number of benzene rings is 1. The molecule has 2 N–H and O–H groups in total. The highest BCUT2D eigenvalue weighted by atomic mass is 19.1. The summed E-state index contributed by atoms with van der Waals surface area (Å²) in [6, 6.07) is 7.38. The van der Waals surface area contributed by atoms with Crippen LogP contribution in [0.3, 0.4) is 0 Å². The number of methoxy groups -OCH3 is 1. The fraction of sp³-hybridized carbons (Fsp3) is 0.676. The molecule has 232 valence electrons. The molecule has 6 nitrogen and oxygen atoms in total. The van der Waals surface area contributed by atoms with Gasteiger partial charge in [0.1, 0.15) is 12.1 Å². The number of allylic oxidation sites excluding steroid dienone is 1. The van der Waals surface area contributed by atoms with E-state index in [4.69, 9.17) is 4.74 Å². The minimum atomic E-state index is -1.84. The van der Waals surface area contributed by atoms with Crippen LogP contribution in [-0.4, -0.2) is 43.1 Å². The van der Waals surface area contributed by atoms with Crippen molar-refractivity contribution < 1.29 is 23.5 Å². The Bertz CT molecular complexity index is 875. The summed E-state index contributed by atoms with van der Waals surface area (Å²) in [6.45, 7) is 6.07. The molecule has 3 atom stereocenters. The summed E-state index contributed by atoms with van der Waals surface area (Å²) in [5.41, 5.74) is 0.856. The van der Waals surface area contributed by atoms with Crippen molar-refractivity contribution in [3.8, 4) is 0 Å². The van der Waals surface area contributed by atoms with E-state index in [1.54, 1.807) is 6.08 Å². The van der Waals surface area contributed by atoms with Crippen molar-refractivity contribution in [3.05, 3.63) is 48.0 Å². The monoisotopic (exact) mass is 574 g/mol. The second kappa shape index (κ2) is 22.9. The van der Waals surface area contributed by atoms with Crippen LogP contribution < -0.4 is 10.6 Å². The van der Waals surface area contributed by atoms with Gasteiger partial charge in [0.2, 0.25) is 5.91 Å². The van der Waals surface area contributed by atoms with Crippen molar-refractivity contribution >= 4 is 17.8 Å². The third-order valence-electron chi connectivity index (χ3n) is 7.20. The third-order valence-corrected chi connectivity index (χ3v) is 7.20. The molecule has 1 rings (SSSR count). The van der Waals surface area contributed by atoms with Crippen LogP contribution in [0.2, 0.25) is 0 Å². The van der Waals surface area contributed by atoms with Crippen LogP contribution in [0.4, 0.5) is 4.39 Å². The average molecular weight is 575 g/mol. The largest absolute Gasteiger partial charge is 0.467 e. The van der Waals surface area contributed by atoms with Gasteiger partial charge in [0, 0.05) is 6.42 Å². The molecule has 0 fully saturated rings. The molecule has 1 aromatic rings. The number of halogens is 1. The number of esters is 1. The van der Waals surface area contributed by atoms with E-state index in [1.807, 2.05) is 44.2 Å². The number of ether oxygens (including phenoxy) is 1. The standard InChI is InChI=1S/C34H55FN2O4/c1-5-6-7-8-9-10-11-12-13-14-15-16-17-21-24-29(35)32(38)36-30(25-27(2)3)33(39)37-31(34(40)41-4)26-28-22-19-18-20-23-28/h18-24,27,29-31H,5-17,25-26H2,1-4H3,(H,36,38)(H,37,39)/b24-21+/t29?,30-,31-/m0/s1. The number of carbonyl (C=O) groups is 3. The molecule has 0 saturated carbocycles. The highest BCUT2D eigenvalue weighted by Gasteiger charge is 2.29. The first-order chi connectivity index (χ1) is 19.8. The number of unbranched alkanes of at least 4 members (excludes halogenated alkanes) is 12. The number of amides is 2. The summed E-state index contributed by atoms with van der Waals surface area (Å²) in [6.07, 6.45) is 17.6. The predicted molar refractivity (Wildman–Crippen MR) is 165 cm³/mol. The van der Waals surface area contributed by atoms with Gasteiger partial charge in [-0.1, -0.05) is 128 Å². The van der Waals surface area contributed by atoms with Crippen molar-refractivity contribution in [1.29, 1.82) is 0 Å². The maximum absolute atomic E-state index is 14.6. The Morgan fingerprint density at radius 2 is 1.34 bits per heavy atom. The molecule has 1 aromatic carbocycles. The number of carbonyl (C=O) groups excluding carboxylic acids is 3. The summed E-state index contributed by atoms with van der Waals surface area (Å²) in [5.74, 6) is -1.91. The molecule has 0 aliphatic rings. The minimum Gasteiger partial charge on any atom is -0.467 e. The lowest BCUT2D eigenvalue weighted by Crippen LogP contribution is -2.53. The summed E-state index contributed by atoms with van der Waals surface area (Å²) in [7, 11) is 1.26. The summed E-state index contributed by atoms with van der Waals surface area (Å²) < 4.78 is 19.5. The zero-order valence-corrected chi connectivity index (χ0v) is 26.0. The van der Waals surface area contributed by atoms with E-state index >= 15 is 0 Å². The SMILES string of the molecule is CCCCCCCCCCCCCC/C=C/C(F)C(=O)N[C@@H](CC(C)C)C(=O)N[C@@H](Cc1ccccc1)C(=O)OC. The zero-order valence-electron chi connectivity index (χ0n) is 26.0. The molecular weight excluding hydrogens is 519 g/mol. The van der Waals surface area contributed by atoms with E-state index in [0.717, 1.165) is 24.8 Å². The Hall–Kier alpha value is -2.70. The van der Waals surface area contributed by atoms with Crippen molar-refractivity contribution in [2.45, 2.75) is 135 Å². The molecule has 0 aliphatic carbocycles. The molecule has 7 heteroatoms. The Morgan fingerprint density at radius 1 is 0.805 bits per heavy atom. The van der Waals surface area contributed by atoms with E-state index in [9.17, 15) is 18.8 Å². The zero-order chi connectivity index (χ0) is 30.3. The Kier molecular flexibility index (Phi) is 20.3. The van der Waals surface area contributed by atoms with Gasteiger partial charge in [0.05, 0.1) is 7.11 Å². The molecule has 1 unspecified atom stereocenters. The van der Waals surface area contributed by atoms with Crippen LogP contribution >= 0.6 is 0 Å². The summed E-state index contributed by atoms with van der Waals surface area (Å²) in [4.78, 5) is 38.0. The average Bonchev–Trinajstić information content (AvgIpc) is 2.96. The normalized spacial score (nSPS) is 13.6. The van der Waals surface area contributed by atoms with Crippen molar-refractivity contribution in [3.63, 3.8) is 0 Å². The first kappa shape index (κ1) is 36.3. The van der Waals surface area contributed by atoms with Crippen LogP contribution in [0.25, 0.3) is 0 Å². The van der Waals surface area contributed by atoms with E-state index in [-0.39, 0.29) is 12.3 Å². The van der Waals surface area contributed by atoms with Crippen molar-refractivity contribution in [2.75, 3.05) is 7.11 Å². The predicted octanol–water partition coefficient (Wildman–Crippen LogP) is 7.40. The van der Waals surface area contributed by atoms with Gasteiger partial charge in [-0.3, -0.25) is 9.59 Å². The highest BCUT2D eigenvalue weighted by Crippen LogP contribution is 2.13. The fourth-order valence-electron chi connectivity index (χ4n) is 4.82. The second-order valence-corrected chi connectivity index (χ2v) is 11.5. The van der Waals surface area contributed by atoms with Crippen LogP contribution in [0.15, 0.2) is 42.5 Å². The quantitative estimate of drug-likeness (QED) is 0.0810. The molecule has 0 aromatic heterocycles. The first-order valence-corrected chi connectivity index (χ1v) is 15.8. The second-order valence-electron chi connectivity index (χ2n) is 11.5. The molecule has 0 heterocycles. The van der Waals surface area contributed by atoms with Gasteiger partial charge in [0.25, 0.3) is 5.91 Å². The Balaban J connectivity index is 2.43. The number of nitrogens with one attached hydrogen (secondary N) is 2. The maximum atomic E-state index is 14.6. The summed E-state index contributed by atoms with van der Waals surface area (Å²) >= 11 is 0. The van der Waals surface area contributed by atoms with Gasteiger partial charge in [-0.15, -0.1) is 0 Å². The number of rotatable bonds is 23. The smallest absolute Gasteiger partial charge is 0.328 e. The fourth-order valence-corrected chi connectivity index (χ4v) is 4.82. The van der Waals surface area contributed by atoms with Gasteiger partial charge in [0.15, 0.2) is 6.17 Å². The molecule has 0 saturated heterocycles. The number of hydrogen-bond acceptors (Lipinski definition) is 4. The number of hydrogen-bond donors (Lipinski definition) is 2. The van der Waals surface area contributed by atoms with Gasteiger partial charge in [-0.05, 0) is 36.8 Å². The van der Waals surface area contributed by atoms with Gasteiger partial charge < -0.3 is 15.4 Å². The molecule has 41 heavy (non-hydrogen) atoms. The van der Waals surface area contributed by atoms with Gasteiger partial charge in [-0.25, -0.2) is 9.18 Å². The molecule has 2 amide bonds. The Morgan fingerprint density at radius 3 is 1.88 bits per heavy atom. The lowest BCUT2D eigenvalue weighted by molar-refractivity contribution is -0.145. The van der Waals surface area contributed by atoms with Crippen molar-refractivity contribution in [2.24, 2.45) is 5.92 Å². The lowest BCUT2D eigenvalue weighted by Gasteiger charge is -2.24. The molecule has 0 aliphatic heterocycles. The lowest BCUT2D eigenvalue weighted by atomic mass is 10.0. The van der Waals surface area contributed by atoms with Crippen LogP contribution in [0.1, 0.15) is 116 Å². The minimum absolute atomic E-state index is 0.0659. The van der Waals surface area contributed by atoms with Crippen molar-refractivity contribution in [1.82, 2.24) is 10.6 Å². The van der Waals surface area contributed by atoms with Crippen LogP contribution in [0, 0.1) is 5.92 Å². The van der Waals surface area contributed by atoms with E-state index in [2.05, 4.69) is 17.6 Å². The molecular formula is C34H55FN2O4. The van der Waals surface area contributed by atoms with Crippen LogP contribution in [0.5, 0.6) is 0 Å². The molecule has 0 radical (unpaired) electrons. The molecule has 0 spiro atoms. The highest BCUT2D eigenvalue weighted by molar-refractivity contribution is 5.92. The maximum Gasteiger partial charge on any atom is 0.328 e. The van der Waals surface area contributed by atoms with Crippen LogP contribution in [-0.2, 0) is 25.5 Å². The van der Waals surface area contributed by atoms with E-state index < -0.39 is 36.0 Å². The van der Waals surface area contributed by atoms with E-state index in [1.165, 1.54) is 77.4 Å². The third kappa shape index (κ3) is 17.7. The first-order valence-electron chi connectivity index (χ1n) is 15.8. The summed E-state index contributed by atoms with van der Waals surface area (Å²) in [5, 5.41) is 5.24. The Labute approximate surface area is 248 Å². The topological polar surface area (TPSA) is 84.5 Å². The van der Waals surface area contributed by atoms with E-state index in [0.29, 0.717) is 6.42 Å². The van der Waals surface area contributed by atoms with Gasteiger partial charge >= 0.3 is 5.97 Å². The van der Waals surface area contributed by atoms with Gasteiger partial charge in [-0.2, -0.15) is 0 Å². The molecule has 0 bridgehead atoms.